The molecule has 0 aliphatic heterocycles. The maximum absolute atomic E-state index is 13.0. The van der Waals surface area contributed by atoms with Crippen LogP contribution in [0.4, 0.5) is 0 Å². The number of esters is 3. The summed E-state index contributed by atoms with van der Waals surface area (Å²) in [6.07, 6.45) is 110. The number of hydrogen-bond donors (Lipinski definition) is 4. The van der Waals surface area contributed by atoms with Crippen molar-refractivity contribution in [2.24, 2.45) is 0 Å². The number of carbonyl (C=O) groups excluding carboxylic acids is 3. The van der Waals surface area contributed by atoms with Crippen LogP contribution in [0.2, 0.25) is 0 Å². The molecule has 0 aromatic heterocycles. The number of carbonyl (C=O) groups is 3. The molecule has 0 radical (unpaired) electrons. The lowest BCUT2D eigenvalue weighted by molar-refractivity contribution is -0.161. The Morgan fingerprint density at radius 1 is 0.252 bits per heavy atom. The highest BCUT2D eigenvalue weighted by Crippen LogP contribution is 2.45. The van der Waals surface area contributed by atoms with Gasteiger partial charge in [-0.2, -0.15) is 0 Å². The van der Waals surface area contributed by atoms with Gasteiger partial charge in [-0.15, -0.1) is 0 Å². The van der Waals surface area contributed by atoms with Gasteiger partial charge in [0, 0.05) is 19.3 Å². The van der Waals surface area contributed by atoms with E-state index in [0.29, 0.717) is 19.3 Å². The van der Waals surface area contributed by atoms with E-state index in [2.05, 4.69) is 142 Å². The summed E-state index contributed by atoms with van der Waals surface area (Å²) in [6, 6.07) is 0. The maximum Gasteiger partial charge on any atom is 0.472 e. The van der Waals surface area contributed by atoms with Crippen LogP contribution in [0.15, 0.2) is 122 Å². The van der Waals surface area contributed by atoms with Crippen molar-refractivity contribution in [2.45, 2.75) is 437 Å². The Bertz CT molecular complexity index is 2570. The van der Waals surface area contributed by atoms with Gasteiger partial charge in [0.15, 0.2) is 6.10 Å². The normalized spacial score (nSPS) is 14.3. The van der Waals surface area contributed by atoms with Crippen LogP contribution in [0.25, 0.3) is 0 Å². The van der Waals surface area contributed by atoms with Gasteiger partial charge in [0.25, 0.3) is 0 Å². The first kappa shape index (κ1) is 111. The van der Waals surface area contributed by atoms with Gasteiger partial charge in [-0.25, -0.2) is 9.13 Å². The lowest BCUT2D eigenvalue weighted by Crippen LogP contribution is -2.30. The lowest BCUT2D eigenvalue weighted by Gasteiger charge is -2.21. The first-order valence-electron chi connectivity index (χ1n) is 46.8. The van der Waals surface area contributed by atoms with E-state index in [-0.39, 0.29) is 19.3 Å². The Morgan fingerprint density at radius 3 is 0.730 bits per heavy atom. The fourth-order valence-electron chi connectivity index (χ4n) is 13.2. The maximum atomic E-state index is 13.0. The zero-order valence-corrected chi connectivity index (χ0v) is 75.2. The molecule has 0 bridgehead atoms. The van der Waals surface area contributed by atoms with E-state index in [0.717, 1.165) is 128 Å². The van der Waals surface area contributed by atoms with Gasteiger partial charge in [-0.05, 0) is 109 Å². The Labute approximate surface area is 703 Å². The summed E-state index contributed by atoms with van der Waals surface area (Å²) in [7, 11) is -9.79. The Kier molecular flexibility index (Phi) is 86.1. The summed E-state index contributed by atoms with van der Waals surface area (Å²) in [5.41, 5.74) is 0. The molecule has 0 aromatic rings. The van der Waals surface area contributed by atoms with Crippen molar-refractivity contribution in [2.75, 3.05) is 39.6 Å². The molecule has 0 rings (SSSR count). The molecule has 0 amide bonds. The van der Waals surface area contributed by atoms with Crippen molar-refractivity contribution in [3.05, 3.63) is 122 Å². The quantitative estimate of drug-likeness (QED) is 0.0146. The second kappa shape index (κ2) is 89.2. The number of rotatable bonds is 89. The van der Waals surface area contributed by atoms with Gasteiger partial charge >= 0.3 is 33.6 Å². The lowest BCUT2D eigenvalue weighted by atomic mass is 10.0. The largest absolute Gasteiger partial charge is 0.472 e. The SMILES string of the molecule is CC/C=C\C/C=C\C/C=C\C/C=C\C/C=C\CCCCCCCCCCCCCCCCCCCC(=O)OCC(O)COP(=O)(O)OCC(O)COP(=O)(O)OCC(COC(=O)CCCCCCCCCCCCCCCCCCC/C=C\C/C=C\C/C=C\C/C=C\C/C=C\CC)OC(=O)CCCCCCCCCCCCCCC. The number of aliphatic hydroxyl groups is 2. The highest BCUT2D eigenvalue weighted by atomic mass is 31.2. The number of ether oxygens (including phenoxy) is 3. The molecule has 4 N–H and O–H groups in total. The molecule has 5 atom stereocenters. The Balaban J connectivity index is 4.37. The van der Waals surface area contributed by atoms with E-state index in [1.54, 1.807) is 0 Å². The Morgan fingerprint density at radius 2 is 0.461 bits per heavy atom. The molecule has 0 spiro atoms. The van der Waals surface area contributed by atoms with Gasteiger partial charge < -0.3 is 34.2 Å². The number of unbranched alkanes of at least 4 members (excludes halogenated alkanes) is 46. The number of aliphatic hydroxyl groups excluding tert-OH is 2. The molecule has 5 unspecified atom stereocenters. The molecular weight excluding hydrogens is 1480 g/mol. The molecule has 0 fully saturated rings. The van der Waals surface area contributed by atoms with Crippen molar-refractivity contribution in [1.29, 1.82) is 0 Å². The van der Waals surface area contributed by atoms with Crippen LogP contribution in [0.5, 0.6) is 0 Å². The molecule has 0 aromatic carbocycles. The first-order chi connectivity index (χ1) is 56.2. The zero-order valence-electron chi connectivity index (χ0n) is 73.4. The molecular formula is C97H172O16P2. The summed E-state index contributed by atoms with van der Waals surface area (Å²) in [5, 5.41) is 20.7. The van der Waals surface area contributed by atoms with Crippen LogP contribution >= 0.6 is 15.6 Å². The molecule has 115 heavy (non-hydrogen) atoms. The van der Waals surface area contributed by atoms with E-state index in [1.165, 1.54) is 231 Å². The molecule has 0 saturated heterocycles. The van der Waals surface area contributed by atoms with Crippen molar-refractivity contribution >= 4 is 33.6 Å². The summed E-state index contributed by atoms with van der Waals surface area (Å²) in [6.45, 7) is 2.53. The van der Waals surface area contributed by atoms with Crippen LogP contribution in [-0.2, 0) is 55.8 Å². The van der Waals surface area contributed by atoms with Crippen LogP contribution in [0.3, 0.4) is 0 Å². The number of phosphoric acid groups is 2. The summed E-state index contributed by atoms with van der Waals surface area (Å²) in [4.78, 5) is 58.9. The fourth-order valence-corrected chi connectivity index (χ4v) is 14.7. The van der Waals surface area contributed by atoms with Gasteiger partial charge in [0.2, 0.25) is 0 Å². The smallest absolute Gasteiger partial charge is 0.463 e. The van der Waals surface area contributed by atoms with Gasteiger partial charge in [-0.3, -0.25) is 32.5 Å². The van der Waals surface area contributed by atoms with Gasteiger partial charge in [-0.1, -0.05) is 412 Å². The predicted molar refractivity (Wildman–Crippen MR) is 482 cm³/mol. The minimum atomic E-state index is -4.93. The third-order valence-corrected chi connectivity index (χ3v) is 22.1. The average molecular weight is 1660 g/mol. The van der Waals surface area contributed by atoms with E-state index >= 15 is 0 Å². The minimum Gasteiger partial charge on any atom is -0.463 e. The molecule has 0 heterocycles. The highest BCUT2D eigenvalue weighted by Gasteiger charge is 2.30. The molecule has 18 heteroatoms. The van der Waals surface area contributed by atoms with Crippen LogP contribution in [0.1, 0.15) is 419 Å². The summed E-state index contributed by atoms with van der Waals surface area (Å²) < 4.78 is 61.4. The monoisotopic (exact) mass is 1660 g/mol. The molecule has 666 valence electrons. The summed E-state index contributed by atoms with van der Waals surface area (Å²) >= 11 is 0. The molecule has 0 aliphatic carbocycles. The fraction of sp³-hybridized carbons (Fsp3) is 0.763. The van der Waals surface area contributed by atoms with Gasteiger partial charge in [0.1, 0.15) is 25.4 Å². The number of phosphoric ester groups is 2. The number of hydrogen-bond acceptors (Lipinski definition) is 14. The molecule has 0 aliphatic rings. The third kappa shape index (κ3) is 90.6. The van der Waals surface area contributed by atoms with E-state index in [1.807, 2.05) is 0 Å². The number of allylic oxidation sites excluding steroid dienone is 20. The average Bonchev–Trinajstić information content (AvgIpc) is 0.901. The standard InChI is InChI=1S/C97H172O16P2/c1-4-7-10-13-16-19-22-25-27-29-31-33-35-37-39-41-43-45-47-49-51-53-55-57-59-61-63-66-68-71-74-77-80-83-95(100)107-86-92(98)87-109-114(103,104)110-88-93(99)89-111-115(105,106)112-91-94(113-97(102)85-82-79-76-73-70-65-24-21-18-15-12-9-6-3)90-108-96(101)84-81-78-75-72-69-67-64-62-60-58-56-54-52-50-48-46-44-42-40-38-36-34-32-30-28-26-23-20-17-14-11-8-5-2/h7-8,10-11,16-17,19-20,25-28,31-34,37-40,92-94,98-99H,4-6,9,12-15,18,21-24,29-30,35-36,41-91H2,1-3H3,(H,103,104)(H,105,106)/b10-7-,11-8-,19-16-,20-17-,27-25-,28-26-,33-31-,34-32-,39-37-,40-38-. The topological polar surface area (TPSA) is 231 Å². The zero-order chi connectivity index (χ0) is 83.6. The van der Waals surface area contributed by atoms with E-state index in [4.69, 9.17) is 32.3 Å². The predicted octanol–water partition coefficient (Wildman–Crippen LogP) is 28.8. The summed E-state index contributed by atoms with van der Waals surface area (Å²) in [5.74, 6) is -1.55. The van der Waals surface area contributed by atoms with E-state index in [9.17, 15) is 43.5 Å². The van der Waals surface area contributed by atoms with Crippen molar-refractivity contribution in [3.63, 3.8) is 0 Å². The second-order valence-corrected chi connectivity index (χ2v) is 34.3. The first-order valence-corrected chi connectivity index (χ1v) is 49.8. The molecule has 0 saturated carbocycles. The van der Waals surface area contributed by atoms with Crippen molar-refractivity contribution in [3.8, 4) is 0 Å². The van der Waals surface area contributed by atoms with Crippen LogP contribution < -0.4 is 0 Å². The second-order valence-electron chi connectivity index (χ2n) is 31.4. The van der Waals surface area contributed by atoms with Crippen LogP contribution in [-0.4, -0.2) is 95.9 Å². The van der Waals surface area contributed by atoms with Crippen molar-refractivity contribution in [1.82, 2.24) is 0 Å². The van der Waals surface area contributed by atoms with Crippen molar-refractivity contribution < 1.29 is 75.8 Å². The molecule has 16 nitrogen and oxygen atoms in total. The minimum absolute atomic E-state index is 0.110. The third-order valence-electron chi connectivity index (χ3n) is 20.2. The van der Waals surface area contributed by atoms with Crippen LogP contribution in [0, 0.1) is 0 Å². The Hall–Kier alpha value is -4.05. The van der Waals surface area contributed by atoms with Gasteiger partial charge in [0.05, 0.1) is 26.4 Å². The highest BCUT2D eigenvalue weighted by molar-refractivity contribution is 7.47. The van der Waals surface area contributed by atoms with E-state index < -0.39 is 91.5 Å².